The average Bonchev–Trinajstić information content (AvgIpc) is 2.15. The molecule has 72 valence electrons. The Bertz CT molecular complexity index is 110. The number of hydrogen-bond acceptors (Lipinski definition) is 3. The zero-order valence-electron chi connectivity index (χ0n) is 8.08. The number of hydrogen-bond donors (Lipinski definition) is 0. The Morgan fingerprint density at radius 1 is 1.33 bits per heavy atom. The van der Waals surface area contributed by atoms with Gasteiger partial charge in [0.15, 0.2) is 0 Å². The minimum absolute atomic E-state index is 0.305. The quantitative estimate of drug-likeness (QED) is 0.635. The van der Waals surface area contributed by atoms with Gasteiger partial charge in [0.1, 0.15) is 6.23 Å². The first-order valence-corrected chi connectivity index (χ1v) is 4.81. The Balaban J connectivity index is 2.29. The molecule has 0 aliphatic carbocycles. The second kappa shape index (κ2) is 5.51. The van der Waals surface area contributed by atoms with Crippen molar-refractivity contribution in [2.24, 2.45) is 0 Å². The molecule has 0 aromatic rings. The fourth-order valence-electron chi connectivity index (χ4n) is 1.54. The van der Waals surface area contributed by atoms with Crippen molar-refractivity contribution in [2.45, 2.75) is 26.5 Å². The van der Waals surface area contributed by atoms with Gasteiger partial charge in [0.2, 0.25) is 0 Å². The molecule has 0 aromatic carbocycles. The second-order valence-corrected chi connectivity index (χ2v) is 2.97. The fraction of sp³-hybridized carbons (Fsp3) is 1.00. The average molecular weight is 173 g/mol. The summed E-state index contributed by atoms with van der Waals surface area (Å²) in [5.74, 6) is 0. The summed E-state index contributed by atoms with van der Waals surface area (Å²) in [6.07, 6.45) is 1.37. The van der Waals surface area contributed by atoms with Crippen LogP contribution in [0, 0.1) is 0 Å². The van der Waals surface area contributed by atoms with Crippen LogP contribution in [-0.4, -0.2) is 44.0 Å². The molecule has 3 nitrogen and oxygen atoms in total. The summed E-state index contributed by atoms with van der Waals surface area (Å²) in [6.45, 7) is 8.74. The van der Waals surface area contributed by atoms with Gasteiger partial charge in [0, 0.05) is 19.7 Å². The van der Waals surface area contributed by atoms with Crippen LogP contribution < -0.4 is 0 Å². The highest BCUT2D eigenvalue weighted by molar-refractivity contribution is 4.65. The maximum Gasteiger partial charge on any atom is 0.110 e. The van der Waals surface area contributed by atoms with Crippen LogP contribution >= 0.6 is 0 Å². The minimum Gasteiger partial charge on any atom is -0.379 e. The van der Waals surface area contributed by atoms with Crippen LogP contribution in [0.25, 0.3) is 0 Å². The van der Waals surface area contributed by atoms with Crippen molar-refractivity contribution in [3.05, 3.63) is 0 Å². The van der Waals surface area contributed by atoms with Crippen LogP contribution in [0.15, 0.2) is 0 Å². The zero-order valence-corrected chi connectivity index (χ0v) is 8.08. The lowest BCUT2D eigenvalue weighted by atomic mass is 10.3. The maximum atomic E-state index is 5.60. The van der Waals surface area contributed by atoms with Crippen LogP contribution in [0.2, 0.25) is 0 Å². The number of ether oxygens (including phenoxy) is 2. The van der Waals surface area contributed by atoms with Gasteiger partial charge in [-0.1, -0.05) is 6.92 Å². The van der Waals surface area contributed by atoms with E-state index in [2.05, 4.69) is 11.8 Å². The first-order chi connectivity index (χ1) is 5.88. The Hall–Kier alpha value is -0.120. The smallest absolute Gasteiger partial charge is 0.110 e. The molecule has 1 rings (SSSR count). The van der Waals surface area contributed by atoms with Gasteiger partial charge in [0.05, 0.1) is 13.2 Å². The van der Waals surface area contributed by atoms with Gasteiger partial charge in [-0.05, 0) is 13.3 Å². The Morgan fingerprint density at radius 3 is 2.50 bits per heavy atom. The molecule has 0 aromatic heterocycles. The highest BCUT2D eigenvalue weighted by atomic mass is 16.5. The molecule has 3 heteroatoms. The SMILES string of the molecule is CCOC(CC)N1CCOCC1. The summed E-state index contributed by atoms with van der Waals surface area (Å²) in [6, 6.07) is 0. The lowest BCUT2D eigenvalue weighted by Crippen LogP contribution is -2.44. The van der Waals surface area contributed by atoms with E-state index in [0.29, 0.717) is 6.23 Å². The van der Waals surface area contributed by atoms with Crippen LogP contribution in [0.3, 0.4) is 0 Å². The Kier molecular flexibility index (Phi) is 4.58. The third-order valence-corrected chi connectivity index (χ3v) is 2.16. The van der Waals surface area contributed by atoms with Gasteiger partial charge in [-0.15, -0.1) is 0 Å². The van der Waals surface area contributed by atoms with Gasteiger partial charge >= 0.3 is 0 Å². The molecular weight excluding hydrogens is 154 g/mol. The van der Waals surface area contributed by atoms with E-state index in [9.17, 15) is 0 Å². The van der Waals surface area contributed by atoms with E-state index in [1.807, 2.05) is 6.92 Å². The van der Waals surface area contributed by atoms with Crippen LogP contribution in [0.4, 0.5) is 0 Å². The summed E-state index contributed by atoms with van der Waals surface area (Å²) in [7, 11) is 0. The third-order valence-electron chi connectivity index (χ3n) is 2.16. The van der Waals surface area contributed by atoms with E-state index in [1.165, 1.54) is 0 Å². The minimum atomic E-state index is 0.305. The normalized spacial score (nSPS) is 22.5. The molecule has 0 spiro atoms. The lowest BCUT2D eigenvalue weighted by molar-refractivity contribution is -0.0939. The lowest BCUT2D eigenvalue weighted by Gasteiger charge is -2.33. The molecule has 0 amide bonds. The fourth-order valence-corrected chi connectivity index (χ4v) is 1.54. The second-order valence-electron chi connectivity index (χ2n) is 2.97. The van der Waals surface area contributed by atoms with Gasteiger partial charge in [0.25, 0.3) is 0 Å². The van der Waals surface area contributed by atoms with Crippen molar-refractivity contribution in [1.29, 1.82) is 0 Å². The van der Waals surface area contributed by atoms with E-state index < -0.39 is 0 Å². The van der Waals surface area contributed by atoms with Crippen molar-refractivity contribution >= 4 is 0 Å². The molecular formula is C9H19NO2. The predicted molar refractivity (Wildman–Crippen MR) is 48.1 cm³/mol. The van der Waals surface area contributed by atoms with Crippen molar-refractivity contribution < 1.29 is 9.47 Å². The molecule has 0 N–H and O–H groups in total. The highest BCUT2D eigenvalue weighted by Gasteiger charge is 2.18. The van der Waals surface area contributed by atoms with Gasteiger partial charge in [-0.25, -0.2) is 0 Å². The van der Waals surface area contributed by atoms with E-state index in [1.54, 1.807) is 0 Å². The molecule has 0 radical (unpaired) electrons. The zero-order chi connectivity index (χ0) is 8.81. The monoisotopic (exact) mass is 173 g/mol. The standard InChI is InChI=1S/C9H19NO2/c1-3-9(12-4-2)10-5-7-11-8-6-10/h9H,3-8H2,1-2H3. The van der Waals surface area contributed by atoms with Gasteiger partial charge in [-0.2, -0.15) is 0 Å². The Morgan fingerprint density at radius 2 is 2.00 bits per heavy atom. The summed E-state index contributed by atoms with van der Waals surface area (Å²) in [4.78, 5) is 2.35. The molecule has 1 unspecified atom stereocenters. The number of nitrogens with zero attached hydrogens (tertiary/aromatic N) is 1. The van der Waals surface area contributed by atoms with Crippen LogP contribution in [0.5, 0.6) is 0 Å². The molecule has 1 heterocycles. The summed E-state index contributed by atoms with van der Waals surface area (Å²) < 4.78 is 10.9. The van der Waals surface area contributed by atoms with Crippen LogP contribution in [-0.2, 0) is 9.47 Å². The number of rotatable bonds is 4. The predicted octanol–water partition coefficient (Wildman–Crippen LogP) is 1.09. The van der Waals surface area contributed by atoms with E-state index in [4.69, 9.17) is 9.47 Å². The Labute approximate surface area is 74.6 Å². The molecule has 1 saturated heterocycles. The molecule has 1 atom stereocenters. The first-order valence-electron chi connectivity index (χ1n) is 4.81. The van der Waals surface area contributed by atoms with Gasteiger partial charge in [-0.3, -0.25) is 4.90 Å². The molecule has 0 bridgehead atoms. The van der Waals surface area contributed by atoms with Crippen LogP contribution in [0.1, 0.15) is 20.3 Å². The van der Waals surface area contributed by atoms with E-state index in [0.717, 1.165) is 39.3 Å². The third kappa shape index (κ3) is 2.73. The topological polar surface area (TPSA) is 21.7 Å². The maximum absolute atomic E-state index is 5.60. The van der Waals surface area contributed by atoms with Gasteiger partial charge < -0.3 is 9.47 Å². The molecule has 1 fully saturated rings. The summed E-state index contributed by atoms with van der Waals surface area (Å²) in [5.41, 5.74) is 0. The van der Waals surface area contributed by atoms with Crippen molar-refractivity contribution in [2.75, 3.05) is 32.9 Å². The first kappa shape index (κ1) is 9.96. The van der Waals surface area contributed by atoms with Crippen molar-refractivity contribution in [3.63, 3.8) is 0 Å². The van der Waals surface area contributed by atoms with E-state index in [-0.39, 0.29) is 0 Å². The summed E-state index contributed by atoms with van der Waals surface area (Å²) >= 11 is 0. The molecule has 0 saturated carbocycles. The molecule has 1 aliphatic rings. The molecule has 1 aliphatic heterocycles. The van der Waals surface area contributed by atoms with E-state index >= 15 is 0 Å². The van der Waals surface area contributed by atoms with Crippen molar-refractivity contribution in [3.8, 4) is 0 Å². The van der Waals surface area contributed by atoms with Crippen molar-refractivity contribution in [1.82, 2.24) is 4.90 Å². The summed E-state index contributed by atoms with van der Waals surface area (Å²) in [5, 5.41) is 0. The largest absolute Gasteiger partial charge is 0.379 e. The number of morpholine rings is 1. The highest BCUT2D eigenvalue weighted by Crippen LogP contribution is 2.08. The molecule has 12 heavy (non-hydrogen) atoms.